The molecule has 3 aliphatic rings. The van der Waals surface area contributed by atoms with Crippen molar-refractivity contribution in [3.63, 3.8) is 0 Å². The molecule has 45 heavy (non-hydrogen) atoms. The number of benzene rings is 3. The highest BCUT2D eigenvalue weighted by Crippen LogP contribution is 2.34. The van der Waals surface area contributed by atoms with Crippen LogP contribution < -0.4 is 5.32 Å². The highest BCUT2D eigenvalue weighted by atomic mass is 35.5. The Bertz CT molecular complexity index is 1450. The molecule has 6 rings (SSSR count). The van der Waals surface area contributed by atoms with E-state index in [2.05, 4.69) is 40.5 Å². The summed E-state index contributed by atoms with van der Waals surface area (Å²) in [5, 5.41) is 3.76. The Morgan fingerprint density at radius 1 is 0.889 bits per heavy atom. The predicted molar refractivity (Wildman–Crippen MR) is 180 cm³/mol. The van der Waals surface area contributed by atoms with Crippen molar-refractivity contribution in [2.75, 3.05) is 26.2 Å². The number of amides is 2. The standard InChI is InChI=1S/C38H44ClN3O3/c39-33-17-13-31(14-18-33)27-42-34-9-4-5-10-35(34)45-36(38(42)44)26-29-11-15-32(16-12-29)37(43)40-21-6-22-41-23-19-30(20-24-41)25-28-7-2-1-3-8-28/h1-3,7-8,11-18,26,30,34-35H,4-6,9-10,19-25,27H2,(H,40,43)/b36-26-. The van der Waals surface area contributed by atoms with Gasteiger partial charge in [0.2, 0.25) is 0 Å². The predicted octanol–water partition coefficient (Wildman–Crippen LogP) is 7.13. The summed E-state index contributed by atoms with van der Waals surface area (Å²) >= 11 is 6.09. The van der Waals surface area contributed by atoms with Gasteiger partial charge in [0.1, 0.15) is 6.10 Å². The van der Waals surface area contributed by atoms with E-state index in [0.29, 0.717) is 29.4 Å². The van der Waals surface area contributed by atoms with E-state index < -0.39 is 0 Å². The van der Waals surface area contributed by atoms with Crippen molar-refractivity contribution in [3.05, 3.63) is 112 Å². The monoisotopic (exact) mass is 625 g/mol. The number of morpholine rings is 1. The van der Waals surface area contributed by atoms with Crippen molar-refractivity contribution in [2.45, 2.75) is 70.1 Å². The van der Waals surface area contributed by atoms with Gasteiger partial charge in [0, 0.05) is 23.7 Å². The number of carbonyl (C=O) groups excluding carboxylic acids is 2. The lowest BCUT2D eigenvalue weighted by atomic mass is 9.89. The van der Waals surface area contributed by atoms with Gasteiger partial charge in [-0.2, -0.15) is 0 Å². The van der Waals surface area contributed by atoms with E-state index in [0.717, 1.165) is 68.8 Å². The summed E-state index contributed by atoms with van der Waals surface area (Å²) in [7, 11) is 0. The lowest BCUT2D eigenvalue weighted by Gasteiger charge is -2.44. The number of nitrogens with zero attached hydrogens (tertiary/aromatic N) is 2. The number of ether oxygens (including phenoxy) is 1. The van der Waals surface area contributed by atoms with Crippen LogP contribution in [0.2, 0.25) is 5.02 Å². The summed E-state index contributed by atoms with van der Waals surface area (Å²) in [4.78, 5) is 30.9. The Labute approximate surface area is 272 Å². The lowest BCUT2D eigenvalue weighted by molar-refractivity contribution is -0.149. The first-order chi connectivity index (χ1) is 22.0. The van der Waals surface area contributed by atoms with Crippen LogP contribution in [0.5, 0.6) is 0 Å². The number of nitrogens with one attached hydrogen (secondary N) is 1. The molecule has 2 saturated heterocycles. The van der Waals surface area contributed by atoms with Gasteiger partial charge in [-0.05, 0) is 118 Å². The maximum Gasteiger partial charge on any atom is 0.289 e. The van der Waals surface area contributed by atoms with Crippen LogP contribution in [0.25, 0.3) is 6.08 Å². The molecule has 2 heterocycles. The second-order valence-electron chi connectivity index (χ2n) is 12.8. The summed E-state index contributed by atoms with van der Waals surface area (Å²) in [6.07, 6.45) is 10.5. The molecule has 2 unspecified atom stereocenters. The Morgan fingerprint density at radius 2 is 1.62 bits per heavy atom. The molecule has 0 spiro atoms. The number of fused-ring (bicyclic) bond motifs is 1. The van der Waals surface area contributed by atoms with Gasteiger partial charge < -0.3 is 19.9 Å². The van der Waals surface area contributed by atoms with E-state index in [-0.39, 0.29) is 24.0 Å². The molecule has 1 N–H and O–H groups in total. The van der Waals surface area contributed by atoms with Gasteiger partial charge in [0.05, 0.1) is 6.04 Å². The molecule has 3 aromatic rings. The van der Waals surface area contributed by atoms with Gasteiger partial charge in [-0.3, -0.25) is 9.59 Å². The first-order valence-corrected chi connectivity index (χ1v) is 17.0. The van der Waals surface area contributed by atoms with Crippen LogP contribution in [0.1, 0.15) is 72.0 Å². The maximum atomic E-state index is 13.6. The smallest absolute Gasteiger partial charge is 0.289 e. The molecule has 2 amide bonds. The second kappa shape index (κ2) is 15.1. The first-order valence-electron chi connectivity index (χ1n) is 16.6. The van der Waals surface area contributed by atoms with Gasteiger partial charge in [0.15, 0.2) is 5.76 Å². The van der Waals surface area contributed by atoms with Crippen LogP contribution in [0, 0.1) is 5.92 Å². The maximum absolute atomic E-state index is 13.6. The number of likely N-dealkylation sites (tertiary alicyclic amines) is 1. The third-order valence-corrected chi connectivity index (χ3v) is 9.82. The van der Waals surface area contributed by atoms with Gasteiger partial charge >= 0.3 is 0 Å². The fourth-order valence-corrected chi connectivity index (χ4v) is 7.12. The normalized spacial score (nSPS) is 21.8. The molecule has 0 aromatic heterocycles. The average Bonchev–Trinajstić information content (AvgIpc) is 3.07. The number of hydrogen-bond acceptors (Lipinski definition) is 4. The zero-order chi connectivity index (χ0) is 31.0. The molecule has 0 bridgehead atoms. The number of piperidine rings is 1. The van der Waals surface area contributed by atoms with Crippen LogP contribution in [0.15, 0.2) is 84.6 Å². The van der Waals surface area contributed by atoms with Crippen molar-refractivity contribution < 1.29 is 14.3 Å². The number of hydrogen-bond donors (Lipinski definition) is 1. The van der Waals surface area contributed by atoms with E-state index in [1.165, 1.54) is 24.8 Å². The zero-order valence-electron chi connectivity index (χ0n) is 26.0. The summed E-state index contributed by atoms with van der Waals surface area (Å²) < 4.78 is 6.28. The molecule has 1 aliphatic carbocycles. The topological polar surface area (TPSA) is 61.9 Å². The van der Waals surface area contributed by atoms with E-state index >= 15 is 0 Å². The van der Waals surface area contributed by atoms with Gasteiger partial charge in [-0.1, -0.05) is 72.6 Å². The van der Waals surface area contributed by atoms with E-state index in [4.69, 9.17) is 16.3 Å². The van der Waals surface area contributed by atoms with Crippen LogP contribution >= 0.6 is 11.6 Å². The minimum absolute atomic E-state index is 0.000653. The molecule has 2 aliphatic heterocycles. The molecule has 7 heteroatoms. The summed E-state index contributed by atoms with van der Waals surface area (Å²) in [6.45, 7) is 4.46. The van der Waals surface area contributed by atoms with Crippen molar-refractivity contribution in [1.29, 1.82) is 0 Å². The molecule has 236 valence electrons. The molecule has 3 fully saturated rings. The largest absolute Gasteiger partial charge is 0.482 e. The van der Waals surface area contributed by atoms with Crippen molar-refractivity contribution >= 4 is 29.5 Å². The van der Waals surface area contributed by atoms with Crippen LogP contribution in [0.4, 0.5) is 0 Å². The van der Waals surface area contributed by atoms with Crippen molar-refractivity contribution in [3.8, 4) is 0 Å². The number of halogens is 1. The number of carbonyl (C=O) groups is 2. The summed E-state index contributed by atoms with van der Waals surface area (Å²) in [6, 6.07) is 26.0. The van der Waals surface area contributed by atoms with E-state index in [9.17, 15) is 9.59 Å². The molecule has 0 radical (unpaired) electrons. The Balaban J connectivity index is 0.978. The van der Waals surface area contributed by atoms with Crippen LogP contribution in [-0.2, 0) is 22.5 Å². The average molecular weight is 626 g/mol. The second-order valence-corrected chi connectivity index (χ2v) is 13.2. The van der Waals surface area contributed by atoms with Gasteiger partial charge in [0.25, 0.3) is 11.8 Å². The Morgan fingerprint density at radius 3 is 2.38 bits per heavy atom. The third-order valence-electron chi connectivity index (χ3n) is 9.57. The molecular weight excluding hydrogens is 582 g/mol. The minimum atomic E-state index is -0.0876. The molecular formula is C38H44ClN3O3. The molecule has 6 nitrogen and oxygen atoms in total. The highest BCUT2D eigenvalue weighted by molar-refractivity contribution is 6.30. The number of rotatable bonds is 10. The fourth-order valence-electron chi connectivity index (χ4n) is 7.00. The van der Waals surface area contributed by atoms with E-state index in [1.807, 2.05) is 59.5 Å². The zero-order valence-corrected chi connectivity index (χ0v) is 26.8. The van der Waals surface area contributed by atoms with Gasteiger partial charge in [-0.25, -0.2) is 0 Å². The SMILES string of the molecule is O=C(NCCCN1CCC(Cc2ccccc2)CC1)c1ccc(/C=C2\OC3CCCCC3N(Cc3ccc(Cl)cc3)C2=O)cc1. The van der Waals surface area contributed by atoms with Crippen molar-refractivity contribution in [1.82, 2.24) is 15.1 Å². The summed E-state index contributed by atoms with van der Waals surface area (Å²) in [5.41, 5.74) is 3.95. The molecule has 1 saturated carbocycles. The quantitative estimate of drug-likeness (QED) is 0.192. The Hall–Kier alpha value is -3.61. The molecule has 3 aromatic carbocycles. The minimum Gasteiger partial charge on any atom is -0.482 e. The lowest BCUT2D eigenvalue weighted by Crippen LogP contribution is -2.54. The van der Waals surface area contributed by atoms with Crippen LogP contribution in [0.3, 0.4) is 0 Å². The first kappa shape index (κ1) is 31.4. The molecule has 2 atom stereocenters. The van der Waals surface area contributed by atoms with Gasteiger partial charge in [-0.15, -0.1) is 0 Å². The van der Waals surface area contributed by atoms with Crippen LogP contribution in [-0.4, -0.2) is 59.9 Å². The van der Waals surface area contributed by atoms with E-state index in [1.54, 1.807) is 0 Å². The summed E-state index contributed by atoms with van der Waals surface area (Å²) in [5.74, 6) is 0.978. The third kappa shape index (κ3) is 8.36. The fraction of sp³-hybridized carbons (Fsp3) is 0.421. The Kier molecular flexibility index (Phi) is 10.5. The van der Waals surface area contributed by atoms with Crippen molar-refractivity contribution in [2.24, 2.45) is 5.92 Å². The highest BCUT2D eigenvalue weighted by Gasteiger charge is 2.41.